The number of nitrogens with zero attached hydrogens (tertiary/aromatic N) is 4. The zero-order valence-electron chi connectivity index (χ0n) is 12.7. The van der Waals surface area contributed by atoms with Crippen molar-refractivity contribution in [3.63, 3.8) is 0 Å². The number of halogens is 1. The van der Waals surface area contributed by atoms with Crippen LogP contribution in [0.2, 0.25) is 0 Å². The number of aromatic nitrogens is 4. The number of imidazole rings is 1. The van der Waals surface area contributed by atoms with Crippen LogP contribution in [0, 0.1) is 6.92 Å². The van der Waals surface area contributed by atoms with Crippen molar-refractivity contribution < 1.29 is 0 Å². The van der Waals surface area contributed by atoms with E-state index >= 15 is 0 Å². The predicted octanol–water partition coefficient (Wildman–Crippen LogP) is 3.99. The Balaban J connectivity index is 2.27. The van der Waals surface area contributed by atoms with Gasteiger partial charge in [-0.15, -0.1) is 11.6 Å². The van der Waals surface area contributed by atoms with E-state index in [0.29, 0.717) is 0 Å². The first kappa shape index (κ1) is 14.1. The molecule has 0 saturated carbocycles. The van der Waals surface area contributed by atoms with Gasteiger partial charge in [0.25, 0.3) is 0 Å². The molecule has 0 amide bonds. The summed E-state index contributed by atoms with van der Waals surface area (Å²) in [7, 11) is 1.95. The number of hydrogen-bond donors (Lipinski definition) is 0. The molecule has 0 radical (unpaired) electrons. The van der Waals surface area contributed by atoms with E-state index in [-0.39, 0.29) is 11.4 Å². The second-order valence-corrected chi connectivity index (χ2v) is 6.08. The van der Waals surface area contributed by atoms with E-state index < -0.39 is 0 Å². The maximum absolute atomic E-state index is 6.36. The molecule has 3 rings (SSSR count). The lowest BCUT2D eigenvalue weighted by Crippen LogP contribution is -2.13. The first-order valence-electron chi connectivity index (χ1n) is 7.11. The lowest BCUT2D eigenvalue weighted by Gasteiger charge is -2.19. The van der Waals surface area contributed by atoms with E-state index in [1.165, 1.54) is 5.56 Å². The molecule has 0 saturated heterocycles. The van der Waals surface area contributed by atoms with Crippen LogP contribution in [0.5, 0.6) is 0 Å². The number of hydrogen-bond acceptors (Lipinski definition) is 2. The maximum atomic E-state index is 6.36. The molecule has 0 spiro atoms. The lowest BCUT2D eigenvalue weighted by atomic mass is 10.1. The molecule has 2 heterocycles. The molecule has 21 heavy (non-hydrogen) atoms. The van der Waals surface area contributed by atoms with Crippen LogP contribution in [0.25, 0.3) is 11.2 Å². The highest BCUT2D eigenvalue weighted by molar-refractivity contribution is 6.20. The van der Waals surface area contributed by atoms with Crippen molar-refractivity contribution in [3.05, 3.63) is 47.4 Å². The number of benzene rings is 1. The van der Waals surface area contributed by atoms with Gasteiger partial charge in [-0.25, -0.2) is 4.98 Å². The maximum Gasteiger partial charge on any atom is 0.159 e. The SMILES string of the molecule is Cc1nn(C)c2c1nc(C(C)Cl)n2C(C)c1ccccc1. The molecule has 4 nitrogen and oxygen atoms in total. The van der Waals surface area contributed by atoms with Crippen LogP contribution in [0.15, 0.2) is 30.3 Å². The first-order valence-corrected chi connectivity index (χ1v) is 7.54. The summed E-state index contributed by atoms with van der Waals surface area (Å²) >= 11 is 6.36. The van der Waals surface area contributed by atoms with Crippen molar-refractivity contribution in [3.8, 4) is 0 Å². The van der Waals surface area contributed by atoms with E-state index in [2.05, 4.69) is 40.9 Å². The van der Waals surface area contributed by atoms with E-state index in [1.807, 2.05) is 31.6 Å². The third-order valence-electron chi connectivity index (χ3n) is 3.89. The molecule has 2 unspecified atom stereocenters. The van der Waals surface area contributed by atoms with Crippen molar-refractivity contribution in [1.82, 2.24) is 19.3 Å². The first-order chi connectivity index (χ1) is 10.0. The molecule has 0 bridgehead atoms. The minimum absolute atomic E-state index is 0.150. The Morgan fingerprint density at radius 2 is 1.81 bits per heavy atom. The van der Waals surface area contributed by atoms with Crippen LogP contribution in [0.3, 0.4) is 0 Å². The Hall–Kier alpha value is -1.81. The van der Waals surface area contributed by atoms with Crippen molar-refractivity contribution in [2.75, 3.05) is 0 Å². The summed E-state index contributed by atoms with van der Waals surface area (Å²) in [5, 5.41) is 4.33. The van der Waals surface area contributed by atoms with E-state index in [9.17, 15) is 0 Å². The molecule has 0 N–H and O–H groups in total. The van der Waals surface area contributed by atoms with Gasteiger partial charge >= 0.3 is 0 Å². The minimum Gasteiger partial charge on any atom is -0.304 e. The summed E-state index contributed by atoms with van der Waals surface area (Å²) in [6.07, 6.45) is 0. The van der Waals surface area contributed by atoms with Gasteiger partial charge in [0.1, 0.15) is 11.3 Å². The highest BCUT2D eigenvalue weighted by Gasteiger charge is 2.23. The predicted molar refractivity (Wildman–Crippen MR) is 85.8 cm³/mol. The molecular formula is C16H19ClN4. The number of fused-ring (bicyclic) bond motifs is 1. The monoisotopic (exact) mass is 302 g/mol. The average molecular weight is 303 g/mol. The fourth-order valence-electron chi connectivity index (χ4n) is 2.86. The molecule has 5 heteroatoms. The van der Waals surface area contributed by atoms with Crippen molar-refractivity contribution in [1.29, 1.82) is 0 Å². The summed E-state index contributed by atoms with van der Waals surface area (Å²) in [4.78, 5) is 4.73. The number of alkyl halides is 1. The molecule has 0 aliphatic rings. The molecule has 110 valence electrons. The van der Waals surface area contributed by atoms with Crippen LogP contribution < -0.4 is 0 Å². The van der Waals surface area contributed by atoms with Crippen LogP contribution in [-0.2, 0) is 7.05 Å². The Kier molecular flexibility index (Phi) is 3.49. The largest absolute Gasteiger partial charge is 0.304 e. The topological polar surface area (TPSA) is 35.6 Å². The summed E-state index contributed by atoms with van der Waals surface area (Å²) in [5.41, 5.74) is 4.12. The van der Waals surface area contributed by atoms with Gasteiger partial charge in [0.05, 0.1) is 17.1 Å². The van der Waals surface area contributed by atoms with Crippen LogP contribution >= 0.6 is 11.6 Å². The van der Waals surface area contributed by atoms with Gasteiger partial charge in [-0.1, -0.05) is 30.3 Å². The van der Waals surface area contributed by atoms with Gasteiger partial charge in [-0.3, -0.25) is 4.68 Å². The Morgan fingerprint density at radius 3 is 2.43 bits per heavy atom. The van der Waals surface area contributed by atoms with Crippen LogP contribution in [0.4, 0.5) is 0 Å². The van der Waals surface area contributed by atoms with Gasteiger partial charge in [0.2, 0.25) is 0 Å². The van der Waals surface area contributed by atoms with E-state index in [0.717, 1.165) is 22.7 Å². The average Bonchev–Trinajstić information content (AvgIpc) is 2.99. The normalized spacial score (nSPS) is 14.5. The molecule has 0 fully saturated rings. The third-order valence-corrected chi connectivity index (χ3v) is 4.08. The molecule has 0 aliphatic carbocycles. The number of rotatable bonds is 3. The zero-order valence-corrected chi connectivity index (χ0v) is 13.5. The Labute approximate surface area is 129 Å². The summed E-state index contributed by atoms with van der Waals surface area (Å²) in [6, 6.07) is 10.5. The highest BCUT2D eigenvalue weighted by Crippen LogP contribution is 2.31. The Bertz CT molecular complexity index is 771. The quantitative estimate of drug-likeness (QED) is 0.686. The molecule has 2 aromatic heterocycles. The minimum atomic E-state index is -0.150. The molecule has 0 aliphatic heterocycles. The fourth-order valence-corrected chi connectivity index (χ4v) is 3.01. The van der Waals surface area contributed by atoms with Gasteiger partial charge < -0.3 is 4.57 Å². The van der Waals surface area contributed by atoms with Crippen molar-refractivity contribution in [2.45, 2.75) is 32.2 Å². The molecule has 1 aromatic carbocycles. The zero-order chi connectivity index (χ0) is 15.1. The second-order valence-electron chi connectivity index (χ2n) is 5.42. The standard InChI is InChI=1S/C16H19ClN4/c1-10(17)15-18-14-11(2)19-20(4)16(14)21(15)12(3)13-8-6-5-7-9-13/h5-10,12H,1-4H3. The second kappa shape index (κ2) is 5.19. The third kappa shape index (κ3) is 2.23. The van der Waals surface area contributed by atoms with E-state index in [4.69, 9.17) is 16.6 Å². The number of aryl methyl sites for hydroxylation is 2. The van der Waals surface area contributed by atoms with E-state index in [1.54, 1.807) is 0 Å². The lowest BCUT2D eigenvalue weighted by molar-refractivity contribution is 0.595. The molecule has 2 atom stereocenters. The summed E-state index contributed by atoms with van der Waals surface area (Å²) in [6.45, 7) is 6.11. The van der Waals surface area contributed by atoms with Gasteiger partial charge in [-0.2, -0.15) is 5.10 Å². The molecular weight excluding hydrogens is 284 g/mol. The Morgan fingerprint density at radius 1 is 1.14 bits per heavy atom. The highest BCUT2D eigenvalue weighted by atomic mass is 35.5. The van der Waals surface area contributed by atoms with Crippen molar-refractivity contribution >= 4 is 22.8 Å². The summed E-state index contributed by atoms with van der Waals surface area (Å²) in [5.74, 6) is 0.888. The van der Waals surface area contributed by atoms with Crippen molar-refractivity contribution in [2.24, 2.45) is 7.05 Å². The van der Waals surface area contributed by atoms with Gasteiger partial charge in [-0.05, 0) is 26.3 Å². The molecule has 3 aromatic rings. The van der Waals surface area contributed by atoms with Crippen LogP contribution in [0.1, 0.15) is 42.3 Å². The smallest absolute Gasteiger partial charge is 0.159 e. The van der Waals surface area contributed by atoms with Gasteiger partial charge in [0.15, 0.2) is 5.65 Å². The van der Waals surface area contributed by atoms with Gasteiger partial charge in [0, 0.05) is 7.05 Å². The summed E-state index contributed by atoms with van der Waals surface area (Å²) < 4.78 is 4.09. The van der Waals surface area contributed by atoms with Crippen LogP contribution in [-0.4, -0.2) is 19.3 Å². The fraction of sp³-hybridized carbons (Fsp3) is 0.375.